The minimum absolute atomic E-state index is 0.0903. The van der Waals surface area contributed by atoms with Gasteiger partial charge in [0.2, 0.25) is 0 Å². The molecule has 5 fully saturated rings. The zero-order chi connectivity index (χ0) is 9.55. The van der Waals surface area contributed by atoms with Crippen molar-refractivity contribution in [3.05, 3.63) is 12.2 Å². The highest BCUT2D eigenvalue weighted by Crippen LogP contribution is 2.82. The third kappa shape index (κ3) is 0.413. The second-order valence-electron chi connectivity index (χ2n) is 5.36. The van der Waals surface area contributed by atoms with E-state index < -0.39 is 0 Å². The van der Waals surface area contributed by atoms with Gasteiger partial charge in [0.25, 0.3) is 0 Å². The van der Waals surface area contributed by atoms with Crippen LogP contribution in [0.4, 0.5) is 0 Å². The second-order valence-corrected chi connectivity index (χ2v) is 5.36. The van der Waals surface area contributed by atoms with Crippen LogP contribution in [0.1, 0.15) is 32.1 Å². The predicted molar refractivity (Wildman–Crippen MR) is 50.5 cm³/mol. The summed E-state index contributed by atoms with van der Waals surface area (Å²) in [6.45, 7) is 4.20. The molecule has 1 aliphatic heterocycles. The summed E-state index contributed by atoms with van der Waals surface area (Å²) in [6.07, 6.45) is 5.94. The Morgan fingerprint density at radius 3 is 2.71 bits per heavy atom. The molecule has 1 saturated heterocycles. The average molecular weight is 190 g/mol. The van der Waals surface area contributed by atoms with Crippen molar-refractivity contribution < 1.29 is 9.53 Å². The monoisotopic (exact) mass is 190 g/mol. The number of hydrogen-bond acceptors (Lipinski definition) is 2. The lowest BCUT2D eigenvalue weighted by molar-refractivity contribution is -0.161. The molecule has 74 valence electrons. The maximum atomic E-state index is 11.9. The van der Waals surface area contributed by atoms with Crippen molar-refractivity contribution in [2.75, 3.05) is 0 Å². The van der Waals surface area contributed by atoms with E-state index in [2.05, 4.69) is 6.58 Å². The Morgan fingerprint density at radius 2 is 2.00 bits per heavy atom. The average Bonchev–Trinajstić information content (AvgIpc) is 2.72. The molecule has 4 bridgehead atoms. The first-order chi connectivity index (χ1) is 6.73. The molecule has 0 unspecified atom stereocenters. The van der Waals surface area contributed by atoms with E-state index in [0.29, 0.717) is 5.92 Å². The van der Waals surface area contributed by atoms with Gasteiger partial charge in [-0.25, -0.2) is 0 Å². The molecule has 0 radical (unpaired) electrons. The van der Waals surface area contributed by atoms with Crippen LogP contribution >= 0.6 is 0 Å². The minimum Gasteiger partial charge on any atom is -0.461 e. The smallest absolute Gasteiger partial charge is 0.314 e. The molecule has 4 aliphatic carbocycles. The molecule has 1 spiro atoms. The Morgan fingerprint density at radius 1 is 1.29 bits per heavy atom. The quantitative estimate of drug-likeness (QED) is 0.431. The fourth-order valence-electron chi connectivity index (χ4n) is 4.94. The zero-order valence-electron chi connectivity index (χ0n) is 8.21. The third-order valence-electron chi connectivity index (χ3n) is 5.39. The van der Waals surface area contributed by atoms with Gasteiger partial charge in [-0.3, -0.25) is 4.79 Å². The molecule has 2 nitrogen and oxygen atoms in total. The van der Waals surface area contributed by atoms with Gasteiger partial charge in [-0.15, -0.1) is 0 Å². The molecule has 0 aromatic rings. The van der Waals surface area contributed by atoms with Crippen molar-refractivity contribution in [3.8, 4) is 0 Å². The second kappa shape index (κ2) is 1.80. The predicted octanol–water partition coefficient (Wildman–Crippen LogP) is 2.05. The molecule has 0 aromatic carbocycles. The van der Waals surface area contributed by atoms with E-state index in [1.165, 1.54) is 18.4 Å². The van der Waals surface area contributed by atoms with Gasteiger partial charge in [0, 0.05) is 11.3 Å². The van der Waals surface area contributed by atoms with Crippen molar-refractivity contribution in [1.82, 2.24) is 0 Å². The highest BCUT2D eigenvalue weighted by atomic mass is 16.6. The SMILES string of the molecule is C=C1[C@@H]2C[C@@H]3OC(=O)[C@]24CCCC[C@@]134. The van der Waals surface area contributed by atoms with E-state index in [0.717, 1.165) is 19.3 Å². The van der Waals surface area contributed by atoms with E-state index in [9.17, 15) is 4.79 Å². The summed E-state index contributed by atoms with van der Waals surface area (Å²) < 4.78 is 5.51. The van der Waals surface area contributed by atoms with Crippen molar-refractivity contribution in [2.45, 2.75) is 38.2 Å². The maximum absolute atomic E-state index is 11.9. The van der Waals surface area contributed by atoms with Crippen LogP contribution < -0.4 is 0 Å². The van der Waals surface area contributed by atoms with E-state index in [-0.39, 0.29) is 22.9 Å². The summed E-state index contributed by atoms with van der Waals surface area (Å²) >= 11 is 0. The van der Waals surface area contributed by atoms with Crippen LogP contribution in [-0.4, -0.2) is 12.1 Å². The molecule has 5 aliphatic rings. The van der Waals surface area contributed by atoms with Crippen LogP contribution in [0.25, 0.3) is 0 Å². The Labute approximate surface area is 83.3 Å². The molecule has 14 heavy (non-hydrogen) atoms. The van der Waals surface area contributed by atoms with Crippen molar-refractivity contribution in [3.63, 3.8) is 0 Å². The molecular formula is C12H14O2. The van der Waals surface area contributed by atoms with Gasteiger partial charge in [-0.05, 0) is 19.3 Å². The number of carbonyl (C=O) groups excluding carboxylic acids is 1. The van der Waals surface area contributed by atoms with E-state index in [1.807, 2.05) is 0 Å². The topological polar surface area (TPSA) is 26.3 Å². The summed E-state index contributed by atoms with van der Waals surface area (Å²) in [5, 5.41) is 0. The van der Waals surface area contributed by atoms with E-state index in [4.69, 9.17) is 4.74 Å². The van der Waals surface area contributed by atoms with Crippen LogP contribution in [-0.2, 0) is 9.53 Å². The standard InChI is InChI=1S/C12H14O2/c1-7-8-6-9-11(7)4-2-3-5-12(8,11)10(13)14-9/h8-9H,1-6H2/t8-,9-,11+,12-/m0/s1. The van der Waals surface area contributed by atoms with Gasteiger partial charge in [-0.1, -0.05) is 25.0 Å². The van der Waals surface area contributed by atoms with Crippen molar-refractivity contribution in [1.29, 1.82) is 0 Å². The Balaban J connectivity index is 1.98. The van der Waals surface area contributed by atoms with Crippen molar-refractivity contribution in [2.24, 2.45) is 16.7 Å². The fourth-order valence-corrected chi connectivity index (χ4v) is 4.94. The summed E-state index contributed by atoms with van der Waals surface area (Å²) in [5.41, 5.74) is 1.35. The molecule has 5 rings (SSSR count). The first-order valence-corrected chi connectivity index (χ1v) is 5.64. The van der Waals surface area contributed by atoms with Crippen molar-refractivity contribution >= 4 is 5.97 Å². The zero-order valence-corrected chi connectivity index (χ0v) is 8.21. The third-order valence-corrected chi connectivity index (χ3v) is 5.39. The number of hydrogen-bond donors (Lipinski definition) is 0. The van der Waals surface area contributed by atoms with Gasteiger partial charge in [-0.2, -0.15) is 0 Å². The van der Waals surface area contributed by atoms with Crippen LogP contribution in [0, 0.1) is 16.7 Å². The molecule has 4 saturated carbocycles. The van der Waals surface area contributed by atoms with Gasteiger partial charge in [0.1, 0.15) is 6.10 Å². The normalized spacial score (nSPS) is 58.0. The maximum Gasteiger partial charge on any atom is 0.314 e. The first kappa shape index (κ1) is 7.49. The Kier molecular flexibility index (Phi) is 0.963. The van der Waals surface area contributed by atoms with Gasteiger partial charge >= 0.3 is 5.97 Å². The van der Waals surface area contributed by atoms with Gasteiger partial charge < -0.3 is 4.74 Å². The van der Waals surface area contributed by atoms with Gasteiger partial charge in [0.05, 0.1) is 5.41 Å². The Hall–Kier alpha value is -0.790. The summed E-state index contributed by atoms with van der Waals surface area (Å²) in [5.74, 6) is 0.583. The number of ether oxygens (including phenoxy) is 1. The number of rotatable bonds is 0. The van der Waals surface area contributed by atoms with Crippen LogP contribution in [0.2, 0.25) is 0 Å². The summed E-state index contributed by atoms with van der Waals surface area (Å²) in [7, 11) is 0. The largest absolute Gasteiger partial charge is 0.461 e. The molecule has 0 N–H and O–H groups in total. The highest BCUT2D eigenvalue weighted by molar-refractivity contribution is 5.88. The fraction of sp³-hybridized carbons (Fsp3) is 0.750. The van der Waals surface area contributed by atoms with Crippen LogP contribution in [0.15, 0.2) is 12.2 Å². The minimum atomic E-state index is -0.0903. The Bertz CT molecular complexity index is 357. The molecular weight excluding hydrogens is 176 g/mol. The van der Waals surface area contributed by atoms with Crippen LogP contribution in [0.5, 0.6) is 0 Å². The number of carbonyl (C=O) groups is 1. The lowest BCUT2D eigenvalue weighted by Crippen LogP contribution is -2.58. The molecule has 1 heterocycles. The molecule has 0 amide bonds. The first-order valence-electron chi connectivity index (χ1n) is 5.64. The lowest BCUT2D eigenvalue weighted by Gasteiger charge is -2.57. The lowest BCUT2D eigenvalue weighted by atomic mass is 9.42. The molecule has 4 atom stereocenters. The van der Waals surface area contributed by atoms with Gasteiger partial charge in [0.15, 0.2) is 0 Å². The van der Waals surface area contributed by atoms with E-state index >= 15 is 0 Å². The number of esters is 1. The highest BCUT2D eigenvalue weighted by Gasteiger charge is 2.85. The van der Waals surface area contributed by atoms with Crippen LogP contribution in [0.3, 0.4) is 0 Å². The summed E-state index contributed by atoms with van der Waals surface area (Å²) in [4.78, 5) is 11.9. The summed E-state index contributed by atoms with van der Waals surface area (Å²) in [6, 6.07) is 0. The van der Waals surface area contributed by atoms with E-state index in [1.54, 1.807) is 0 Å². The molecule has 0 aromatic heterocycles. The molecule has 2 heteroatoms.